The van der Waals surface area contributed by atoms with Gasteiger partial charge in [0.05, 0.1) is 30.5 Å². The van der Waals surface area contributed by atoms with Gasteiger partial charge in [-0.15, -0.1) is 0 Å². The number of ether oxygens (including phenoxy) is 4. The van der Waals surface area contributed by atoms with E-state index in [0.29, 0.717) is 5.57 Å². The summed E-state index contributed by atoms with van der Waals surface area (Å²) in [4.78, 5) is 12.3. The van der Waals surface area contributed by atoms with Crippen LogP contribution in [0.2, 0.25) is 0 Å². The van der Waals surface area contributed by atoms with Crippen molar-refractivity contribution in [3.63, 3.8) is 0 Å². The van der Waals surface area contributed by atoms with Crippen molar-refractivity contribution < 1.29 is 54.4 Å². The highest BCUT2D eigenvalue weighted by atomic mass is 16.8. The summed E-state index contributed by atoms with van der Waals surface area (Å²) in [6.45, 7) is -0.789. The van der Waals surface area contributed by atoms with Gasteiger partial charge in [-0.2, -0.15) is 0 Å². The molecule has 4 rings (SSSR count). The molecule has 11 nitrogen and oxygen atoms in total. The lowest BCUT2D eigenvalue weighted by molar-refractivity contribution is -0.339. The molecule has 0 saturated carbocycles. The zero-order chi connectivity index (χ0) is 23.7. The fraction of sp³-hybridized carbons (Fsp3) is 0.500. The Balaban J connectivity index is 1.45. The number of benzene rings is 1. The van der Waals surface area contributed by atoms with Crippen molar-refractivity contribution in [1.29, 1.82) is 0 Å². The van der Waals surface area contributed by atoms with Crippen LogP contribution in [0.1, 0.15) is 10.4 Å². The second kappa shape index (κ2) is 9.77. The molecular formula is C22H26O11. The largest absolute Gasteiger partial charge is 0.508 e. The normalized spacial score (nSPS) is 37.7. The van der Waals surface area contributed by atoms with E-state index in [2.05, 4.69) is 0 Å². The number of carbonyl (C=O) groups is 1. The van der Waals surface area contributed by atoms with Crippen LogP contribution in [0.15, 0.2) is 48.3 Å². The summed E-state index contributed by atoms with van der Waals surface area (Å²) >= 11 is 0. The van der Waals surface area contributed by atoms with Crippen LogP contribution in [0, 0.1) is 11.8 Å². The first-order chi connectivity index (χ1) is 15.8. The first kappa shape index (κ1) is 23.6. The Bertz CT molecular complexity index is 896. The van der Waals surface area contributed by atoms with Crippen LogP contribution >= 0.6 is 0 Å². The van der Waals surface area contributed by atoms with Crippen molar-refractivity contribution in [1.82, 2.24) is 0 Å². The Labute approximate surface area is 188 Å². The van der Waals surface area contributed by atoms with Gasteiger partial charge in [0, 0.05) is 5.92 Å². The van der Waals surface area contributed by atoms with Gasteiger partial charge in [0.2, 0.25) is 6.29 Å². The number of fused-ring (bicyclic) bond motifs is 1. The lowest BCUT2D eigenvalue weighted by Crippen LogP contribution is -2.60. The number of carbonyl (C=O) groups excluding carboxylic acids is 1. The van der Waals surface area contributed by atoms with Gasteiger partial charge in [-0.1, -0.05) is 6.08 Å². The molecule has 3 aliphatic rings. The molecule has 0 spiro atoms. The van der Waals surface area contributed by atoms with Crippen molar-refractivity contribution in [2.45, 2.75) is 43.1 Å². The molecule has 0 radical (unpaired) electrons. The average molecular weight is 466 g/mol. The van der Waals surface area contributed by atoms with Gasteiger partial charge in [0.25, 0.3) is 0 Å². The molecule has 180 valence electrons. The van der Waals surface area contributed by atoms with Gasteiger partial charge in [-0.25, -0.2) is 4.79 Å². The predicted octanol–water partition coefficient (Wildman–Crippen LogP) is -1.23. The third-order valence-electron chi connectivity index (χ3n) is 6.02. The van der Waals surface area contributed by atoms with E-state index in [-0.39, 0.29) is 17.9 Å². The molecule has 11 heteroatoms. The maximum Gasteiger partial charge on any atom is 0.338 e. The SMILES string of the molecule is O=C(OCC1=C[C@@H](O)[C@H]2C=CO[C@@H](O[C@H]3O[C@H](CO)[C@@H](O)[C@H](O)[C@H]3O)[C@H]12)c1ccc(O)cc1. The number of rotatable bonds is 6. The summed E-state index contributed by atoms with van der Waals surface area (Å²) < 4.78 is 22.0. The van der Waals surface area contributed by atoms with Crippen LogP contribution in [0.3, 0.4) is 0 Å². The summed E-state index contributed by atoms with van der Waals surface area (Å²) in [5.74, 6) is -1.69. The average Bonchev–Trinajstić information content (AvgIpc) is 3.14. The quantitative estimate of drug-likeness (QED) is 0.219. The number of esters is 1. The molecule has 6 N–H and O–H groups in total. The molecular weight excluding hydrogens is 440 g/mol. The summed E-state index contributed by atoms with van der Waals surface area (Å²) in [6.07, 6.45) is -4.86. The predicted molar refractivity (Wildman–Crippen MR) is 108 cm³/mol. The molecule has 0 aromatic heterocycles. The zero-order valence-corrected chi connectivity index (χ0v) is 17.4. The van der Waals surface area contributed by atoms with Crippen LogP contribution in [-0.4, -0.2) is 92.9 Å². The minimum absolute atomic E-state index is 0.00957. The third kappa shape index (κ3) is 4.75. The van der Waals surface area contributed by atoms with Gasteiger partial charge in [0.15, 0.2) is 6.29 Å². The number of phenolic OH excluding ortho intramolecular Hbond substituents is 1. The number of aromatic hydroxyl groups is 1. The van der Waals surface area contributed by atoms with E-state index in [1.54, 1.807) is 6.08 Å². The Morgan fingerprint density at radius 3 is 2.42 bits per heavy atom. The van der Waals surface area contributed by atoms with E-state index < -0.39 is 67.5 Å². The Morgan fingerprint density at radius 2 is 1.73 bits per heavy atom. The van der Waals surface area contributed by atoms with E-state index in [0.717, 1.165) is 0 Å². The molecule has 33 heavy (non-hydrogen) atoms. The number of phenols is 1. The highest BCUT2D eigenvalue weighted by Crippen LogP contribution is 2.41. The second-order valence-electron chi connectivity index (χ2n) is 8.12. The molecule has 1 saturated heterocycles. The Hall–Kier alpha value is -2.51. The van der Waals surface area contributed by atoms with Gasteiger partial charge in [0.1, 0.15) is 36.8 Å². The molecule has 0 amide bonds. The summed E-state index contributed by atoms with van der Waals surface area (Å²) in [6, 6.07) is 5.54. The molecule has 1 aliphatic carbocycles. The highest BCUT2D eigenvalue weighted by molar-refractivity contribution is 5.89. The number of aliphatic hydroxyl groups is 5. The maximum atomic E-state index is 12.3. The highest BCUT2D eigenvalue weighted by Gasteiger charge is 2.49. The molecule has 1 aromatic carbocycles. The van der Waals surface area contributed by atoms with Gasteiger partial charge in [-0.05, 0) is 35.9 Å². The van der Waals surface area contributed by atoms with E-state index in [9.17, 15) is 35.4 Å². The molecule has 1 aromatic rings. The second-order valence-corrected chi connectivity index (χ2v) is 8.12. The topological polar surface area (TPSA) is 175 Å². The van der Waals surface area contributed by atoms with E-state index >= 15 is 0 Å². The lowest BCUT2D eigenvalue weighted by atomic mass is 9.88. The van der Waals surface area contributed by atoms with Crippen molar-refractivity contribution in [3.8, 4) is 5.75 Å². The first-order valence-corrected chi connectivity index (χ1v) is 10.4. The summed E-state index contributed by atoms with van der Waals surface area (Å²) in [5, 5.41) is 59.4. The summed E-state index contributed by atoms with van der Waals surface area (Å²) in [5.41, 5.74) is 0.746. The van der Waals surface area contributed by atoms with E-state index in [1.807, 2.05) is 0 Å². The van der Waals surface area contributed by atoms with Gasteiger partial charge in [-0.3, -0.25) is 0 Å². The minimum Gasteiger partial charge on any atom is -0.508 e. The van der Waals surface area contributed by atoms with E-state index in [1.165, 1.54) is 36.6 Å². The standard InChI is InChI=1S/C22H26O11/c23-8-15-17(26)18(27)19(28)22(32-15)33-21-16-11(7-14(25)13(16)5-6-30-21)9-31-20(29)10-1-3-12(24)4-2-10/h1-7,13-19,21-28H,8-9H2/t13-,14-,15-,16-,17-,18+,19-,21+,22-/m1/s1. The lowest BCUT2D eigenvalue weighted by Gasteiger charge is -2.42. The van der Waals surface area contributed by atoms with Crippen molar-refractivity contribution in [3.05, 3.63) is 53.8 Å². The molecule has 9 atom stereocenters. The Kier molecular flexibility index (Phi) is 7.00. The Morgan fingerprint density at radius 1 is 1.00 bits per heavy atom. The minimum atomic E-state index is -1.62. The number of hydrogen-bond acceptors (Lipinski definition) is 11. The van der Waals surface area contributed by atoms with E-state index in [4.69, 9.17) is 18.9 Å². The van der Waals surface area contributed by atoms with Crippen molar-refractivity contribution >= 4 is 5.97 Å². The molecule has 0 unspecified atom stereocenters. The van der Waals surface area contributed by atoms with Crippen LogP contribution in [-0.2, 0) is 18.9 Å². The van der Waals surface area contributed by atoms with Crippen molar-refractivity contribution in [2.75, 3.05) is 13.2 Å². The smallest absolute Gasteiger partial charge is 0.338 e. The van der Waals surface area contributed by atoms with Gasteiger partial charge >= 0.3 is 5.97 Å². The van der Waals surface area contributed by atoms with Crippen molar-refractivity contribution in [2.24, 2.45) is 11.8 Å². The van der Waals surface area contributed by atoms with Crippen LogP contribution < -0.4 is 0 Å². The number of aliphatic hydroxyl groups excluding tert-OH is 5. The van der Waals surface area contributed by atoms with Crippen LogP contribution in [0.25, 0.3) is 0 Å². The third-order valence-corrected chi connectivity index (χ3v) is 6.02. The molecule has 2 aliphatic heterocycles. The maximum absolute atomic E-state index is 12.3. The zero-order valence-electron chi connectivity index (χ0n) is 17.4. The first-order valence-electron chi connectivity index (χ1n) is 10.4. The fourth-order valence-corrected chi connectivity index (χ4v) is 4.19. The molecule has 0 bridgehead atoms. The fourth-order valence-electron chi connectivity index (χ4n) is 4.19. The van der Waals surface area contributed by atoms with Crippen LogP contribution in [0.4, 0.5) is 0 Å². The summed E-state index contributed by atoms with van der Waals surface area (Å²) in [7, 11) is 0. The monoisotopic (exact) mass is 466 g/mol. The molecule has 2 heterocycles. The van der Waals surface area contributed by atoms with Gasteiger partial charge < -0.3 is 49.6 Å². The number of hydrogen-bond donors (Lipinski definition) is 6. The molecule has 1 fully saturated rings. The van der Waals surface area contributed by atoms with Crippen LogP contribution in [0.5, 0.6) is 5.75 Å².